The van der Waals surface area contributed by atoms with Gasteiger partial charge < -0.3 is 5.11 Å². The van der Waals surface area contributed by atoms with Gasteiger partial charge in [0.05, 0.1) is 5.41 Å². The Labute approximate surface area is 153 Å². The lowest BCUT2D eigenvalue weighted by Gasteiger charge is -2.42. The van der Waals surface area contributed by atoms with Gasteiger partial charge in [-0.1, -0.05) is 75.1 Å². The lowest BCUT2D eigenvalue weighted by atomic mass is 9.60. The Kier molecular flexibility index (Phi) is 7.74. The molecule has 2 unspecified atom stereocenters. The Bertz CT molecular complexity index is 542. The second-order valence-electron chi connectivity index (χ2n) is 7.54. The van der Waals surface area contributed by atoms with Crippen LogP contribution >= 0.6 is 0 Å². The maximum Gasteiger partial charge on any atom is 0.310 e. The molecule has 0 heterocycles. The van der Waals surface area contributed by atoms with Gasteiger partial charge in [0.25, 0.3) is 0 Å². The Morgan fingerprint density at radius 3 is 2.52 bits per heavy atom. The van der Waals surface area contributed by atoms with E-state index in [0.29, 0.717) is 5.92 Å². The standard InChI is InChI=1S/C23H34O2/c1-3-5-12-18-23(22(24)25,20-15-10-11-16-20)21(17-6-4-2)19-13-8-7-9-14-19/h3,5,7-9,13-14,20-21H,4,6,10-12,15-18H2,1-2H3,(H,24,25). The Balaban J connectivity index is 2.47. The normalized spacial score (nSPS) is 19.1. The van der Waals surface area contributed by atoms with Crippen LogP contribution in [0.4, 0.5) is 0 Å². The topological polar surface area (TPSA) is 37.3 Å². The lowest BCUT2D eigenvalue weighted by Crippen LogP contribution is -2.43. The van der Waals surface area contributed by atoms with Gasteiger partial charge in [0.15, 0.2) is 0 Å². The van der Waals surface area contributed by atoms with Crippen molar-refractivity contribution >= 4 is 5.97 Å². The second kappa shape index (κ2) is 9.79. The number of benzene rings is 1. The summed E-state index contributed by atoms with van der Waals surface area (Å²) in [4.78, 5) is 12.8. The number of carboxylic acid groups (broad SMARTS) is 1. The SMILES string of the molecule is CC=CCCC(C(=O)O)(C1CCCC1)C(CCCC)c1ccccc1. The van der Waals surface area contributed by atoms with Crippen LogP contribution in [-0.4, -0.2) is 11.1 Å². The van der Waals surface area contributed by atoms with Crippen molar-refractivity contribution in [2.24, 2.45) is 11.3 Å². The summed E-state index contributed by atoms with van der Waals surface area (Å²) in [6.45, 7) is 4.21. The molecule has 0 spiro atoms. The highest BCUT2D eigenvalue weighted by atomic mass is 16.4. The molecule has 0 aliphatic heterocycles. The number of carboxylic acids is 1. The van der Waals surface area contributed by atoms with Gasteiger partial charge >= 0.3 is 5.97 Å². The molecule has 1 aliphatic rings. The molecule has 0 aromatic heterocycles. The highest BCUT2D eigenvalue weighted by Gasteiger charge is 2.51. The molecule has 1 aliphatic carbocycles. The Hall–Kier alpha value is -1.57. The van der Waals surface area contributed by atoms with Gasteiger partial charge in [0.1, 0.15) is 0 Å². The predicted octanol–water partition coefficient (Wildman–Crippen LogP) is 6.58. The maximum atomic E-state index is 12.8. The molecule has 0 radical (unpaired) electrons. The third-order valence-corrected chi connectivity index (χ3v) is 6.11. The summed E-state index contributed by atoms with van der Waals surface area (Å²) in [7, 11) is 0. The van der Waals surface area contributed by atoms with E-state index in [1.807, 2.05) is 19.1 Å². The van der Waals surface area contributed by atoms with Crippen LogP contribution < -0.4 is 0 Å². The number of unbranched alkanes of at least 4 members (excludes halogenated alkanes) is 1. The van der Waals surface area contributed by atoms with E-state index in [2.05, 4.69) is 37.3 Å². The summed E-state index contributed by atoms with van der Waals surface area (Å²) in [5.74, 6) is -0.161. The number of aliphatic carboxylic acids is 1. The zero-order chi connectivity index (χ0) is 18.1. The fourth-order valence-electron chi connectivity index (χ4n) is 4.84. The molecule has 1 saturated carbocycles. The summed E-state index contributed by atoms with van der Waals surface area (Å²) in [5.41, 5.74) is 0.581. The Morgan fingerprint density at radius 2 is 1.96 bits per heavy atom. The molecule has 2 nitrogen and oxygen atoms in total. The van der Waals surface area contributed by atoms with E-state index in [9.17, 15) is 9.90 Å². The minimum atomic E-state index is -0.632. The van der Waals surface area contributed by atoms with Crippen molar-refractivity contribution in [3.05, 3.63) is 48.0 Å². The second-order valence-corrected chi connectivity index (χ2v) is 7.54. The van der Waals surface area contributed by atoms with Crippen molar-refractivity contribution in [2.45, 2.75) is 77.6 Å². The fraction of sp³-hybridized carbons (Fsp3) is 0.609. The van der Waals surface area contributed by atoms with E-state index in [4.69, 9.17) is 0 Å². The first-order chi connectivity index (χ1) is 12.2. The number of hydrogen-bond donors (Lipinski definition) is 1. The molecule has 2 heteroatoms. The van der Waals surface area contributed by atoms with Crippen molar-refractivity contribution < 1.29 is 9.90 Å². The summed E-state index contributed by atoms with van der Waals surface area (Å²) in [5, 5.41) is 10.5. The molecular weight excluding hydrogens is 308 g/mol. The smallest absolute Gasteiger partial charge is 0.310 e. The van der Waals surface area contributed by atoms with Crippen LogP contribution in [0, 0.1) is 11.3 Å². The summed E-state index contributed by atoms with van der Waals surface area (Å²) < 4.78 is 0. The molecule has 0 bridgehead atoms. The van der Waals surface area contributed by atoms with Gasteiger partial charge in [-0.25, -0.2) is 0 Å². The molecule has 1 aromatic rings. The molecule has 1 N–H and O–H groups in total. The minimum Gasteiger partial charge on any atom is -0.481 e. The molecule has 1 fully saturated rings. The van der Waals surface area contributed by atoms with Crippen molar-refractivity contribution in [2.75, 3.05) is 0 Å². The molecular formula is C23H34O2. The first-order valence-electron chi connectivity index (χ1n) is 10.1. The molecule has 1 aromatic carbocycles. The van der Waals surface area contributed by atoms with Crippen molar-refractivity contribution in [1.82, 2.24) is 0 Å². The van der Waals surface area contributed by atoms with Gasteiger partial charge in [-0.05, 0) is 50.5 Å². The molecule has 2 rings (SSSR count). The number of allylic oxidation sites excluding steroid dienone is 2. The summed E-state index contributed by atoms with van der Waals surface area (Å²) >= 11 is 0. The van der Waals surface area contributed by atoms with Gasteiger partial charge in [-0.3, -0.25) is 4.79 Å². The predicted molar refractivity (Wildman–Crippen MR) is 105 cm³/mol. The van der Waals surface area contributed by atoms with E-state index >= 15 is 0 Å². The first-order valence-corrected chi connectivity index (χ1v) is 10.1. The first kappa shape index (κ1) is 19.8. The van der Waals surface area contributed by atoms with E-state index in [0.717, 1.165) is 44.9 Å². The maximum absolute atomic E-state index is 12.8. The van der Waals surface area contributed by atoms with Crippen LogP contribution in [0.1, 0.15) is 83.1 Å². The largest absolute Gasteiger partial charge is 0.481 e. The molecule has 2 atom stereocenters. The van der Waals surface area contributed by atoms with Gasteiger partial charge in [0.2, 0.25) is 0 Å². The highest BCUT2D eigenvalue weighted by Crippen LogP contribution is 2.54. The fourth-order valence-corrected chi connectivity index (χ4v) is 4.84. The van der Waals surface area contributed by atoms with Crippen molar-refractivity contribution in [3.63, 3.8) is 0 Å². The molecule has 138 valence electrons. The highest BCUT2D eigenvalue weighted by molar-refractivity contribution is 5.77. The molecule has 0 amide bonds. The zero-order valence-electron chi connectivity index (χ0n) is 15.9. The van der Waals surface area contributed by atoms with Crippen LogP contribution in [0.2, 0.25) is 0 Å². The number of carbonyl (C=O) groups is 1. The average Bonchev–Trinajstić information content (AvgIpc) is 3.16. The van der Waals surface area contributed by atoms with Crippen molar-refractivity contribution in [1.29, 1.82) is 0 Å². The minimum absolute atomic E-state index is 0.111. The third kappa shape index (κ3) is 4.54. The summed E-state index contributed by atoms with van der Waals surface area (Å²) in [6, 6.07) is 10.4. The van der Waals surface area contributed by atoms with Crippen LogP contribution in [0.3, 0.4) is 0 Å². The molecule has 25 heavy (non-hydrogen) atoms. The van der Waals surface area contributed by atoms with E-state index in [1.165, 1.54) is 18.4 Å². The van der Waals surface area contributed by atoms with Crippen LogP contribution in [-0.2, 0) is 4.79 Å². The quantitative estimate of drug-likeness (QED) is 0.488. The zero-order valence-corrected chi connectivity index (χ0v) is 15.9. The van der Waals surface area contributed by atoms with Gasteiger partial charge in [-0.2, -0.15) is 0 Å². The van der Waals surface area contributed by atoms with E-state index in [1.54, 1.807) is 0 Å². The van der Waals surface area contributed by atoms with E-state index in [-0.39, 0.29) is 5.92 Å². The van der Waals surface area contributed by atoms with Crippen LogP contribution in [0.5, 0.6) is 0 Å². The van der Waals surface area contributed by atoms with Crippen LogP contribution in [0.25, 0.3) is 0 Å². The van der Waals surface area contributed by atoms with Gasteiger partial charge in [0, 0.05) is 5.92 Å². The summed E-state index contributed by atoms with van der Waals surface area (Å²) in [6.07, 6.45) is 13.4. The monoisotopic (exact) mass is 342 g/mol. The third-order valence-electron chi connectivity index (χ3n) is 6.11. The lowest BCUT2D eigenvalue weighted by molar-refractivity contribution is -0.155. The number of hydrogen-bond acceptors (Lipinski definition) is 1. The Morgan fingerprint density at radius 1 is 1.28 bits per heavy atom. The number of rotatable bonds is 10. The average molecular weight is 343 g/mol. The van der Waals surface area contributed by atoms with Crippen LogP contribution in [0.15, 0.2) is 42.5 Å². The van der Waals surface area contributed by atoms with Gasteiger partial charge in [-0.15, -0.1) is 0 Å². The van der Waals surface area contributed by atoms with E-state index < -0.39 is 11.4 Å². The van der Waals surface area contributed by atoms with Crippen molar-refractivity contribution in [3.8, 4) is 0 Å². The molecule has 0 saturated heterocycles.